The van der Waals surface area contributed by atoms with Crippen molar-refractivity contribution < 1.29 is 43.8 Å². The Labute approximate surface area is 244 Å². The van der Waals surface area contributed by atoms with Gasteiger partial charge in [0, 0.05) is 13.0 Å². The number of rotatable bonds is 18. The zero-order valence-corrected chi connectivity index (χ0v) is 24.5. The average Bonchev–Trinajstić information content (AvgIpc) is 3.32. The molecule has 1 rings (SSSR count). The van der Waals surface area contributed by atoms with Crippen molar-refractivity contribution in [3.63, 3.8) is 0 Å². The normalized spacial score (nSPS) is 18.5. The Hall–Kier alpha value is -3.79. The van der Waals surface area contributed by atoms with Crippen molar-refractivity contribution in [2.45, 2.75) is 90.1 Å². The summed E-state index contributed by atoms with van der Waals surface area (Å²) < 4.78 is 0. The van der Waals surface area contributed by atoms with Gasteiger partial charge in [0.15, 0.2) is 0 Å². The third-order valence-corrected chi connectivity index (χ3v) is 6.28. The number of carboxylic acids is 1. The molecular weight excluding hydrogens is 554 g/mol. The van der Waals surface area contributed by atoms with Crippen molar-refractivity contribution in [2.24, 2.45) is 17.6 Å². The van der Waals surface area contributed by atoms with E-state index in [1.54, 1.807) is 27.7 Å². The van der Waals surface area contributed by atoms with Gasteiger partial charge in [-0.05, 0) is 37.5 Å². The Morgan fingerprint density at radius 2 is 1.36 bits per heavy atom. The maximum Gasteiger partial charge on any atom is 0.326 e. The molecule has 0 radical (unpaired) electrons. The van der Waals surface area contributed by atoms with E-state index in [2.05, 4.69) is 31.9 Å². The first kappa shape index (κ1) is 36.2. The third kappa shape index (κ3) is 14.2. The van der Waals surface area contributed by atoms with E-state index in [1.807, 2.05) is 0 Å². The van der Waals surface area contributed by atoms with Crippen LogP contribution in [0.2, 0.25) is 0 Å². The summed E-state index contributed by atoms with van der Waals surface area (Å²) in [6.45, 7) is 6.45. The lowest BCUT2D eigenvalue weighted by Crippen LogP contribution is -2.56. The SMILES string of the molecule is CC(C)C[C@H](NC(=O)CNC(=O)[C@H](CC(C)C)NC(=O)[C@H](CCC(N)=O)NC(=O)CNC(=O)[C@@H]1C[C@@H](O)CN1)C(=O)O. The molecule has 0 aromatic rings. The number of amides is 6. The van der Waals surface area contributed by atoms with E-state index in [-0.39, 0.29) is 50.5 Å². The maximum atomic E-state index is 13.1. The van der Waals surface area contributed by atoms with E-state index >= 15 is 0 Å². The molecule has 6 amide bonds. The Bertz CT molecular complexity index is 989. The molecule has 238 valence electrons. The molecule has 1 aliphatic heterocycles. The molecule has 16 heteroatoms. The summed E-state index contributed by atoms with van der Waals surface area (Å²) in [6, 6.07) is -4.18. The fourth-order valence-corrected chi connectivity index (χ4v) is 4.21. The predicted octanol–water partition coefficient (Wildman–Crippen LogP) is -3.16. The molecule has 0 aromatic carbocycles. The van der Waals surface area contributed by atoms with E-state index in [0.717, 1.165) is 0 Å². The molecule has 0 unspecified atom stereocenters. The number of aliphatic carboxylic acids is 1. The maximum absolute atomic E-state index is 13.1. The minimum atomic E-state index is -1.27. The van der Waals surface area contributed by atoms with Gasteiger partial charge in [0.2, 0.25) is 35.4 Å². The minimum absolute atomic E-state index is 0.00391. The van der Waals surface area contributed by atoms with Crippen LogP contribution in [0.3, 0.4) is 0 Å². The van der Waals surface area contributed by atoms with Crippen LogP contribution in [0.5, 0.6) is 0 Å². The van der Waals surface area contributed by atoms with E-state index in [4.69, 9.17) is 5.73 Å². The zero-order chi connectivity index (χ0) is 32.0. The number of aliphatic hydroxyl groups excluding tert-OH is 1. The van der Waals surface area contributed by atoms with Crippen molar-refractivity contribution in [2.75, 3.05) is 19.6 Å². The predicted molar refractivity (Wildman–Crippen MR) is 149 cm³/mol. The first-order valence-corrected chi connectivity index (χ1v) is 14.0. The molecule has 1 saturated heterocycles. The van der Waals surface area contributed by atoms with Crippen LogP contribution in [0.15, 0.2) is 0 Å². The third-order valence-electron chi connectivity index (χ3n) is 6.28. The van der Waals surface area contributed by atoms with E-state index < -0.39 is 84.8 Å². The molecule has 0 bridgehead atoms. The molecular formula is C26H45N7O9. The van der Waals surface area contributed by atoms with Crippen LogP contribution >= 0.6 is 0 Å². The van der Waals surface area contributed by atoms with Gasteiger partial charge >= 0.3 is 5.97 Å². The number of hydrogen-bond acceptors (Lipinski definition) is 9. The Morgan fingerprint density at radius 1 is 0.810 bits per heavy atom. The number of primary amides is 1. The number of nitrogens with two attached hydrogens (primary N) is 1. The molecule has 0 saturated carbocycles. The summed E-state index contributed by atoms with van der Waals surface area (Å²) in [6.07, 6.45) is -0.552. The Morgan fingerprint density at radius 3 is 1.86 bits per heavy atom. The Balaban J connectivity index is 2.81. The first-order chi connectivity index (χ1) is 19.6. The van der Waals surface area contributed by atoms with Crippen LogP contribution in [-0.4, -0.2) is 102 Å². The topological polar surface area (TPSA) is 258 Å². The molecule has 1 heterocycles. The van der Waals surface area contributed by atoms with Crippen LogP contribution in [0.4, 0.5) is 0 Å². The van der Waals surface area contributed by atoms with Gasteiger partial charge in [-0.15, -0.1) is 0 Å². The van der Waals surface area contributed by atoms with Gasteiger partial charge in [-0.1, -0.05) is 27.7 Å². The van der Waals surface area contributed by atoms with Gasteiger partial charge < -0.3 is 47.8 Å². The summed E-state index contributed by atoms with van der Waals surface area (Å²) in [4.78, 5) is 85.7. The Kier molecular flexibility index (Phi) is 15.4. The fourth-order valence-electron chi connectivity index (χ4n) is 4.21. The standard InChI is InChI=1S/C26H45N7O9/c1-13(2)7-18(24(39)30-12-22(37)32-19(26(41)42)8-14(3)4)33-25(40)16(5-6-20(27)35)31-21(36)11-29-23(38)17-9-15(34)10-28-17/h13-19,28,34H,5-12H2,1-4H3,(H2,27,35)(H,29,38)(H,30,39)(H,31,36)(H,32,37)(H,33,40)(H,41,42)/t15-,16+,17+,18+,19+/m1/s1. The number of carbonyl (C=O) groups is 7. The number of carboxylic acid groups (broad SMARTS) is 1. The minimum Gasteiger partial charge on any atom is -0.480 e. The molecule has 0 aromatic heterocycles. The monoisotopic (exact) mass is 599 g/mol. The second-order valence-electron chi connectivity index (χ2n) is 11.2. The second-order valence-corrected chi connectivity index (χ2v) is 11.2. The van der Waals surface area contributed by atoms with Crippen LogP contribution in [0, 0.1) is 11.8 Å². The molecule has 0 aliphatic carbocycles. The summed E-state index contributed by atoms with van der Waals surface area (Å²) in [5.41, 5.74) is 5.21. The van der Waals surface area contributed by atoms with Crippen LogP contribution in [0.25, 0.3) is 0 Å². The second kappa shape index (κ2) is 17.9. The highest BCUT2D eigenvalue weighted by molar-refractivity contribution is 5.95. The molecule has 0 spiro atoms. The van der Waals surface area contributed by atoms with Gasteiger partial charge in [0.05, 0.1) is 25.2 Å². The number of β-amino-alcohol motifs (C(OH)–C–C–N with tert-alkyl or cyclic N) is 1. The van der Waals surface area contributed by atoms with E-state index in [1.165, 1.54) is 0 Å². The number of carbonyl (C=O) groups excluding carboxylic acids is 6. The molecule has 10 N–H and O–H groups in total. The molecule has 16 nitrogen and oxygen atoms in total. The van der Waals surface area contributed by atoms with Crippen LogP contribution < -0.4 is 37.6 Å². The highest BCUT2D eigenvalue weighted by atomic mass is 16.4. The molecule has 1 fully saturated rings. The van der Waals surface area contributed by atoms with Gasteiger partial charge in [0.25, 0.3) is 0 Å². The number of hydrogen-bond donors (Lipinski definition) is 9. The zero-order valence-electron chi connectivity index (χ0n) is 24.5. The van der Waals surface area contributed by atoms with Crippen molar-refractivity contribution in [3.05, 3.63) is 0 Å². The summed E-state index contributed by atoms with van der Waals surface area (Å²) >= 11 is 0. The van der Waals surface area contributed by atoms with Crippen LogP contribution in [0.1, 0.15) is 59.8 Å². The lowest BCUT2D eigenvalue weighted by molar-refractivity contribution is -0.142. The smallest absolute Gasteiger partial charge is 0.326 e. The lowest BCUT2D eigenvalue weighted by atomic mass is 10.0. The quantitative estimate of drug-likeness (QED) is 0.0764. The fraction of sp³-hybridized carbons (Fsp3) is 0.731. The number of nitrogens with one attached hydrogen (secondary N) is 6. The molecule has 42 heavy (non-hydrogen) atoms. The van der Waals surface area contributed by atoms with Crippen molar-refractivity contribution >= 4 is 41.4 Å². The average molecular weight is 600 g/mol. The van der Waals surface area contributed by atoms with E-state index in [9.17, 15) is 43.8 Å². The van der Waals surface area contributed by atoms with Crippen molar-refractivity contribution in [1.82, 2.24) is 31.9 Å². The largest absolute Gasteiger partial charge is 0.480 e. The highest BCUT2D eigenvalue weighted by Gasteiger charge is 2.30. The van der Waals surface area contributed by atoms with Crippen molar-refractivity contribution in [3.8, 4) is 0 Å². The lowest BCUT2D eigenvalue weighted by Gasteiger charge is -2.24. The number of aliphatic hydroxyl groups is 1. The molecule has 1 aliphatic rings. The molecule has 5 atom stereocenters. The first-order valence-electron chi connectivity index (χ1n) is 14.0. The van der Waals surface area contributed by atoms with Gasteiger partial charge in [0.1, 0.15) is 18.1 Å². The van der Waals surface area contributed by atoms with Gasteiger partial charge in [-0.25, -0.2) is 4.79 Å². The highest BCUT2D eigenvalue weighted by Crippen LogP contribution is 2.08. The van der Waals surface area contributed by atoms with Gasteiger partial charge in [-0.3, -0.25) is 28.8 Å². The van der Waals surface area contributed by atoms with E-state index in [0.29, 0.717) is 0 Å². The van der Waals surface area contributed by atoms with Crippen LogP contribution in [-0.2, 0) is 33.6 Å². The summed E-state index contributed by atoms with van der Waals surface area (Å²) in [5.74, 6) is -5.45. The van der Waals surface area contributed by atoms with Crippen molar-refractivity contribution in [1.29, 1.82) is 0 Å². The summed E-state index contributed by atoms with van der Waals surface area (Å²) in [5, 5.41) is 33.8. The van der Waals surface area contributed by atoms with Gasteiger partial charge in [-0.2, -0.15) is 0 Å². The summed E-state index contributed by atoms with van der Waals surface area (Å²) in [7, 11) is 0.